The van der Waals surface area contributed by atoms with Crippen LogP contribution in [-0.4, -0.2) is 43.1 Å². The maximum atomic E-state index is 12.9. The maximum Gasteiger partial charge on any atom is 0.271 e. The van der Waals surface area contributed by atoms with E-state index >= 15 is 0 Å². The molecule has 0 N–H and O–H groups in total. The highest BCUT2D eigenvalue weighted by Gasteiger charge is 2.34. The summed E-state index contributed by atoms with van der Waals surface area (Å²) in [5, 5.41) is 9.41. The van der Waals surface area contributed by atoms with Crippen LogP contribution in [0.5, 0.6) is 5.75 Å². The van der Waals surface area contributed by atoms with E-state index in [0.717, 1.165) is 22.6 Å². The normalized spacial score (nSPS) is 15.9. The summed E-state index contributed by atoms with van der Waals surface area (Å²) in [5.74, 6) is -0.164. The molecule has 0 aliphatic carbocycles. The molecule has 1 heterocycles. The Kier molecular flexibility index (Phi) is 7.97. The van der Waals surface area contributed by atoms with Crippen molar-refractivity contribution in [2.75, 3.05) is 26.4 Å². The molecule has 1 aromatic rings. The van der Waals surface area contributed by atoms with E-state index in [-0.39, 0.29) is 18.0 Å². The first-order valence-electron chi connectivity index (χ1n) is 9.53. The summed E-state index contributed by atoms with van der Waals surface area (Å²) in [6.45, 7) is 7.45. The van der Waals surface area contributed by atoms with Crippen LogP contribution in [-0.2, 0) is 14.3 Å². The summed E-state index contributed by atoms with van der Waals surface area (Å²) in [7, 11) is 0. The van der Waals surface area contributed by atoms with Gasteiger partial charge in [-0.05, 0) is 56.0 Å². The second-order valence-corrected chi connectivity index (χ2v) is 6.40. The lowest BCUT2D eigenvalue weighted by Crippen LogP contribution is -2.43. The van der Waals surface area contributed by atoms with Crippen LogP contribution >= 0.6 is 0 Å². The Morgan fingerprint density at radius 1 is 1.11 bits per heavy atom. The van der Waals surface area contributed by atoms with Crippen LogP contribution in [0.2, 0.25) is 0 Å². The van der Waals surface area contributed by atoms with E-state index in [1.54, 1.807) is 13.0 Å². The third-order valence-corrected chi connectivity index (χ3v) is 4.36. The van der Waals surface area contributed by atoms with Gasteiger partial charge in [0.1, 0.15) is 17.4 Å². The Hall–Kier alpha value is -2.91. The van der Waals surface area contributed by atoms with Gasteiger partial charge in [0.2, 0.25) is 0 Å². The summed E-state index contributed by atoms with van der Waals surface area (Å²) in [6.07, 6.45) is 3.16. The molecule has 1 aromatic carbocycles. The lowest BCUT2D eigenvalue weighted by Gasteiger charge is -2.27. The fourth-order valence-electron chi connectivity index (χ4n) is 2.85. The average molecular weight is 382 g/mol. The van der Waals surface area contributed by atoms with Crippen LogP contribution < -0.4 is 4.74 Å². The first-order chi connectivity index (χ1) is 13.5. The highest BCUT2D eigenvalue weighted by molar-refractivity contribution is 6.19. The van der Waals surface area contributed by atoms with Gasteiger partial charge in [0.25, 0.3) is 11.8 Å². The van der Waals surface area contributed by atoms with E-state index in [1.807, 2.05) is 44.2 Å². The summed E-state index contributed by atoms with van der Waals surface area (Å²) in [4.78, 5) is 26.6. The molecule has 0 spiro atoms. The third kappa shape index (κ3) is 5.08. The fraction of sp³-hybridized carbons (Fsp3) is 0.409. The van der Waals surface area contributed by atoms with Crippen molar-refractivity contribution in [2.45, 2.75) is 33.6 Å². The molecule has 0 saturated heterocycles. The molecule has 1 aliphatic rings. The molecule has 28 heavy (non-hydrogen) atoms. The van der Waals surface area contributed by atoms with E-state index in [4.69, 9.17) is 9.47 Å². The Balaban J connectivity index is 2.28. The van der Waals surface area contributed by atoms with Gasteiger partial charge >= 0.3 is 0 Å². The number of carbonyl (C=O) groups is 2. The Morgan fingerprint density at radius 2 is 1.82 bits per heavy atom. The number of benzene rings is 1. The number of amides is 2. The van der Waals surface area contributed by atoms with Crippen molar-refractivity contribution in [1.82, 2.24) is 4.90 Å². The third-order valence-electron chi connectivity index (χ3n) is 4.36. The number of nitriles is 1. The zero-order valence-corrected chi connectivity index (χ0v) is 16.7. The smallest absolute Gasteiger partial charge is 0.271 e. The lowest BCUT2D eigenvalue weighted by atomic mass is 9.93. The minimum Gasteiger partial charge on any atom is -0.494 e. The minimum absolute atomic E-state index is 0.00478. The number of imide groups is 1. The van der Waals surface area contributed by atoms with Crippen LogP contribution in [0.1, 0.15) is 39.2 Å². The molecule has 0 saturated carbocycles. The number of hydrogen-bond donors (Lipinski definition) is 0. The molecule has 2 amide bonds. The van der Waals surface area contributed by atoms with Gasteiger partial charge in [0.05, 0.1) is 6.61 Å². The zero-order chi connectivity index (χ0) is 20.5. The second-order valence-electron chi connectivity index (χ2n) is 6.40. The van der Waals surface area contributed by atoms with Crippen molar-refractivity contribution in [1.29, 1.82) is 5.26 Å². The van der Waals surface area contributed by atoms with Crippen molar-refractivity contribution in [2.24, 2.45) is 0 Å². The molecule has 6 nitrogen and oxygen atoms in total. The Bertz CT molecular complexity index is 816. The van der Waals surface area contributed by atoms with Gasteiger partial charge < -0.3 is 9.47 Å². The van der Waals surface area contributed by atoms with Gasteiger partial charge in [0, 0.05) is 25.3 Å². The van der Waals surface area contributed by atoms with Crippen molar-refractivity contribution in [3.63, 3.8) is 0 Å². The molecule has 0 fully saturated rings. The summed E-state index contributed by atoms with van der Waals surface area (Å²) >= 11 is 0. The summed E-state index contributed by atoms with van der Waals surface area (Å²) < 4.78 is 10.8. The lowest BCUT2D eigenvalue weighted by molar-refractivity contribution is -0.140. The quantitative estimate of drug-likeness (QED) is 0.371. The van der Waals surface area contributed by atoms with E-state index < -0.39 is 5.91 Å². The molecule has 0 radical (unpaired) electrons. The number of nitrogens with zero attached hydrogens (tertiary/aromatic N) is 2. The SMILES string of the molecule is CCCOc1ccc(/C=C2/C(=O)N(CCCOCC)C(=O)C(C#N)=C2C)cc1. The predicted octanol–water partition coefficient (Wildman–Crippen LogP) is 3.49. The van der Waals surface area contributed by atoms with Crippen molar-refractivity contribution >= 4 is 17.9 Å². The maximum absolute atomic E-state index is 12.9. The molecule has 148 valence electrons. The van der Waals surface area contributed by atoms with Gasteiger partial charge in [0.15, 0.2) is 0 Å². The van der Waals surface area contributed by atoms with Gasteiger partial charge in [-0.1, -0.05) is 19.1 Å². The molecule has 0 unspecified atom stereocenters. The van der Waals surface area contributed by atoms with Gasteiger partial charge in [-0.3, -0.25) is 14.5 Å². The van der Waals surface area contributed by atoms with E-state index in [0.29, 0.717) is 37.4 Å². The summed E-state index contributed by atoms with van der Waals surface area (Å²) in [6, 6.07) is 9.32. The van der Waals surface area contributed by atoms with Crippen molar-refractivity contribution < 1.29 is 19.1 Å². The second kappa shape index (κ2) is 10.4. The van der Waals surface area contributed by atoms with E-state index in [1.165, 1.54) is 0 Å². The van der Waals surface area contributed by atoms with Crippen molar-refractivity contribution in [3.05, 3.63) is 46.5 Å². The largest absolute Gasteiger partial charge is 0.494 e. The Morgan fingerprint density at radius 3 is 2.43 bits per heavy atom. The molecule has 0 aromatic heterocycles. The Labute approximate surface area is 166 Å². The number of carbonyl (C=O) groups excluding carboxylic acids is 2. The first kappa shape index (κ1) is 21.4. The van der Waals surface area contributed by atoms with Crippen LogP contribution in [0.3, 0.4) is 0 Å². The first-order valence-corrected chi connectivity index (χ1v) is 9.53. The average Bonchev–Trinajstić information content (AvgIpc) is 2.70. The highest BCUT2D eigenvalue weighted by atomic mass is 16.5. The molecule has 0 atom stereocenters. The number of hydrogen-bond acceptors (Lipinski definition) is 5. The van der Waals surface area contributed by atoms with Crippen molar-refractivity contribution in [3.8, 4) is 11.8 Å². The molecule has 0 bridgehead atoms. The molecular formula is C22H26N2O4. The molecule has 2 rings (SSSR count). The molecule has 1 aliphatic heterocycles. The topological polar surface area (TPSA) is 79.6 Å². The highest BCUT2D eigenvalue weighted by Crippen LogP contribution is 2.27. The van der Waals surface area contributed by atoms with Crippen LogP contribution in [0.4, 0.5) is 0 Å². The predicted molar refractivity (Wildman–Crippen MR) is 106 cm³/mol. The molecular weight excluding hydrogens is 356 g/mol. The summed E-state index contributed by atoms with van der Waals surface area (Å²) in [5.41, 5.74) is 1.57. The van der Waals surface area contributed by atoms with E-state index in [9.17, 15) is 14.9 Å². The van der Waals surface area contributed by atoms with Gasteiger partial charge in [-0.25, -0.2) is 0 Å². The number of rotatable bonds is 9. The van der Waals surface area contributed by atoms with Crippen LogP contribution in [0, 0.1) is 11.3 Å². The minimum atomic E-state index is -0.540. The van der Waals surface area contributed by atoms with Crippen LogP contribution in [0.15, 0.2) is 41.0 Å². The molecule has 6 heteroatoms. The zero-order valence-electron chi connectivity index (χ0n) is 16.7. The fourth-order valence-corrected chi connectivity index (χ4v) is 2.85. The standard InChI is InChI=1S/C22H26N2O4/c1-4-12-28-18-9-7-17(8-10-18)14-19-16(3)20(15-23)22(26)24(21(19)25)11-6-13-27-5-2/h7-10,14H,4-6,11-13H2,1-3H3/b19-14+. The van der Waals surface area contributed by atoms with E-state index in [2.05, 4.69) is 0 Å². The van der Waals surface area contributed by atoms with Gasteiger partial charge in [-0.15, -0.1) is 0 Å². The van der Waals surface area contributed by atoms with Crippen LogP contribution in [0.25, 0.3) is 6.08 Å². The number of ether oxygens (including phenoxy) is 2. The monoisotopic (exact) mass is 382 g/mol. The van der Waals surface area contributed by atoms with Gasteiger partial charge in [-0.2, -0.15) is 5.26 Å².